The van der Waals surface area contributed by atoms with Crippen molar-refractivity contribution in [3.05, 3.63) is 41.7 Å². The number of thiocarbonyl (C=S) groups is 1. The lowest BCUT2D eigenvalue weighted by Gasteiger charge is -2.31. The third-order valence-electron chi connectivity index (χ3n) is 11.0. The van der Waals surface area contributed by atoms with Crippen LogP contribution in [0.25, 0.3) is 0 Å². The second kappa shape index (κ2) is 14.3. The number of halogens is 1. The molecule has 0 bridgehead atoms. The van der Waals surface area contributed by atoms with E-state index >= 15 is 0 Å². The van der Waals surface area contributed by atoms with Gasteiger partial charge in [0.15, 0.2) is 5.11 Å². The first-order chi connectivity index (χ1) is 24.5. The largest absolute Gasteiger partial charge is 0.444 e. The zero-order valence-electron chi connectivity index (χ0n) is 28.5. The number of likely N-dealkylation sites (tertiary alicyclic amines) is 1. The van der Waals surface area contributed by atoms with Crippen LogP contribution < -0.4 is 20.3 Å². The number of amides is 4. The van der Waals surface area contributed by atoms with Crippen molar-refractivity contribution in [2.45, 2.75) is 106 Å². The monoisotopic (exact) mass is 744 g/mol. The summed E-state index contributed by atoms with van der Waals surface area (Å²) in [7, 11) is -3.89. The van der Waals surface area contributed by atoms with E-state index in [0.717, 1.165) is 51.6 Å². The number of allylic oxidation sites excluding steroid dienone is 1. The summed E-state index contributed by atoms with van der Waals surface area (Å²) in [6, 6.07) is 2.65. The summed E-state index contributed by atoms with van der Waals surface area (Å²) in [4.78, 5) is 60.6. The number of ether oxygens (including phenoxy) is 1. The molecule has 276 valence electrons. The van der Waals surface area contributed by atoms with Gasteiger partial charge in [0.25, 0.3) is 5.91 Å². The molecule has 7 rings (SSSR count). The van der Waals surface area contributed by atoms with Crippen molar-refractivity contribution in [3.63, 3.8) is 0 Å². The molecule has 4 heterocycles. The number of hydrogen-bond acceptors (Lipinski definition) is 8. The molecule has 13 nitrogen and oxygen atoms in total. The lowest BCUT2D eigenvalue weighted by Crippen LogP contribution is -2.58. The van der Waals surface area contributed by atoms with E-state index in [1.54, 1.807) is 6.07 Å². The van der Waals surface area contributed by atoms with Crippen LogP contribution in [0, 0.1) is 11.7 Å². The summed E-state index contributed by atoms with van der Waals surface area (Å²) in [5.74, 6) is -2.64. The van der Waals surface area contributed by atoms with E-state index in [1.165, 1.54) is 21.9 Å². The van der Waals surface area contributed by atoms with Gasteiger partial charge in [0.05, 0.1) is 17.5 Å². The number of fused-ring (bicyclic) bond motifs is 3. The Kier molecular flexibility index (Phi) is 10.00. The second-order valence-electron chi connectivity index (χ2n) is 14.6. The minimum atomic E-state index is -3.89. The first-order valence-electron chi connectivity index (χ1n) is 18.1. The van der Waals surface area contributed by atoms with Gasteiger partial charge in [0.1, 0.15) is 29.5 Å². The van der Waals surface area contributed by atoms with Crippen LogP contribution in [0.15, 0.2) is 30.4 Å². The third-order valence-corrected chi connectivity index (χ3v) is 13.2. The van der Waals surface area contributed by atoms with Crippen molar-refractivity contribution in [1.29, 1.82) is 0 Å². The minimum Gasteiger partial charge on any atom is -0.444 e. The van der Waals surface area contributed by atoms with E-state index in [2.05, 4.69) is 15.4 Å². The predicted octanol–water partition coefficient (Wildman–Crippen LogP) is 2.64. The number of hydrogen-bond donors (Lipinski definition) is 3. The standard InChI is InChI=1S/C35H45FN6O7S2/c36-26-10-8-12-28-25(26)15-18-41(28)34(46)49-23-19-29-30(43)38-35(32(45)39-51(47,48)24-13-14-24)20-22(35)9-4-2-1-3-5-11-27(31(44)42(29)21-23)37-33(50)40-16-6-7-17-40/h4,8-10,12,22-24,27,29H,1-3,5-7,11,13-21H2,(H,37,50)(H,38,43)(H,39,45)/b9-4-/t22-,23+,27-,29-,35+/m0/s1. The Hall–Kier alpha value is -3.79. The number of anilines is 1. The Labute approximate surface area is 302 Å². The summed E-state index contributed by atoms with van der Waals surface area (Å²) in [6.07, 6.45) is 9.28. The van der Waals surface area contributed by atoms with Gasteiger partial charge in [0, 0.05) is 37.5 Å². The van der Waals surface area contributed by atoms with E-state index in [0.29, 0.717) is 42.0 Å². The van der Waals surface area contributed by atoms with Crippen LogP contribution in [0.2, 0.25) is 0 Å². The Morgan fingerprint density at radius 3 is 2.59 bits per heavy atom. The van der Waals surface area contributed by atoms with Crippen molar-refractivity contribution in [3.8, 4) is 0 Å². The Balaban J connectivity index is 1.15. The maximum atomic E-state index is 14.5. The molecule has 0 spiro atoms. The maximum absolute atomic E-state index is 14.5. The van der Waals surface area contributed by atoms with Crippen molar-refractivity contribution in [1.82, 2.24) is 25.2 Å². The predicted molar refractivity (Wildman–Crippen MR) is 189 cm³/mol. The fourth-order valence-electron chi connectivity index (χ4n) is 7.80. The van der Waals surface area contributed by atoms with Crippen molar-refractivity contribution >= 4 is 56.9 Å². The van der Waals surface area contributed by atoms with Crippen molar-refractivity contribution in [2.75, 3.05) is 31.1 Å². The van der Waals surface area contributed by atoms with Crippen LogP contribution in [-0.2, 0) is 35.6 Å². The zero-order chi connectivity index (χ0) is 35.9. The average molecular weight is 745 g/mol. The number of sulfonamides is 1. The van der Waals surface area contributed by atoms with E-state index in [-0.39, 0.29) is 31.8 Å². The molecule has 51 heavy (non-hydrogen) atoms. The molecule has 2 aliphatic carbocycles. The maximum Gasteiger partial charge on any atom is 0.414 e. The van der Waals surface area contributed by atoms with E-state index in [4.69, 9.17) is 17.0 Å². The van der Waals surface area contributed by atoms with E-state index in [1.807, 2.05) is 17.1 Å². The van der Waals surface area contributed by atoms with Gasteiger partial charge < -0.3 is 25.2 Å². The normalized spacial score (nSPS) is 30.3. The average Bonchev–Trinajstić information content (AvgIpc) is 3.85. The van der Waals surface area contributed by atoms with Crippen molar-refractivity contribution in [2.24, 2.45) is 5.92 Å². The fraction of sp³-hybridized carbons (Fsp3) is 0.629. The third kappa shape index (κ3) is 7.44. The molecule has 1 aromatic carbocycles. The number of nitrogens with zero attached hydrogens (tertiary/aromatic N) is 3. The lowest BCUT2D eigenvalue weighted by molar-refractivity contribution is -0.141. The topological polar surface area (TPSA) is 157 Å². The zero-order valence-corrected chi connectivity index (χ0v) is 30.1. The molecule has 3 N–H and O–H groups in total. The molecule has 2 saturated carbocycles. The summed E-state index contributed by atoms with van der Waals surface area (Å²) in [5, 5.41) is 5.97. The molecular formula is C35H45FN6O7S2. The smallest absolute Gasteiger partial charge is 0.414 e. The van der Waals surface area contributed by atoms with Gasteiger partial charge in [-0.25, -0.2) is 17.6 Å². The number of rotatable bonds is 5. The van der Waals surface area contributed by atoms with E-state index < -0.39 is 68.6 Å². The second-order valence-corrected chi connectivity index (χ2v) is 16.9. The summed E-state index contributed by atoms with van der Waals surface area (Å²) in [5.41, 5.74) is -0.660. The van der Waals surface area contributed by atoms with Crippen LogP contribution in [-0.4, -0.2) is 102 Å². The minimum absolute atomic E-state index is 0.0466. The number of carbonyl (C=O) groups excluding carboxylic acids is 4. The first-order valence-corrected chi connectivity index (χ1v) is 20.1. The van der Waals surface area contributed by atoms with E-state index in [9.17, 15) is 32.0 Å². The quantitative estimate of drug-likeness (QED) is 0.303. The van der Waals surface area contributed by atoms with Gasteiger partial charge in [0.2, 0.25) is 21.8 Å². The van der Waals surface area contributed by atoms with Crippen LogP contribution in [0.5, 0.6) is 0 Å². The van der Waals surface area contributed by atoms with Gasteiger partial charge in [-0.3, -0.25) is 24.0 Å². The Morgan fingerprint density at radius 2 is 1.82 bits per heavy atom. The summed E-state index contributed by atoms with van der Waals surface area (Å²) in [6.45, 7) is 1.72. The highest BCUT2D eigenvalue weighted by molar-refractivity contribution is 7.91. The molecule has 4 fully saturated rings. The van der Waals surface area contributed by atoms with Crippen LogP contribution in [0.1, 0.15) is 76.2 Å². The number of nitrogens with one attached hydrogen (secondary N) is 3. The summed E-state index contributed by atoms with van der Waals surface area (Å²) >= 11 is 5.71. The highest BCUT2D eigenvalue weighted by atomic mass is 32.2. The molecular weight excluding hydrogens is 700 g/mol. The number of carbonyl (C=O) groups is 4. The SMILES string of the molecule is O=C1N[C@]2(C(=O)NS(=O)(=O)C3CC3)C[C@@H]2/C=C\CCCCC[C@H](NC(=S)N2CCCC2)C(=O)N2C[C@H](OC(=O)N3CCc4c(F)cccc43)C[C@@H]12. The van der Waals surface area contributed by atoms with Crippen molar-refractivity contribution < 1.29 is 36.7 Å². The molecule has 5 atom stereocenters. The molecule has 16 heteroatoms. The van der Waals surface area contributed by atoms with Gasteiger partial charge >= 0.3 is 6.09 Å². The molecule has 0 radical (unpaired) electrons. The highest BCUT2D eigenvalue weighted by Crippen LogP contribution is 2.46. The Morgan fingerprint density at radius 1 is 1.04 bits per heavy atom. The van der Waals surface area contributed by atoms with Crippen LogP contribution in [0.3, 0.4) is 0 Å². The Bertz CT molecular complexity index is 1730. The molecule has 1 aromatic rings. The van der Waals surface area contributed by atoms with Crippen LogP contribution >= 0.6 is 12.2 Å². The lowest BCUT2D eigenvalue weighted by atomic mass is 10.0. The van der Waals surface area contributed by atoms with Gasteiger partial charge in [-0.2, -0.15) is 0 Å². The van der Waals surface area contributed by atoms with Gasteiger partial charge in [-0.05, 0) is 82.1 Å². The van der Waals surface area contributed by atoms with Gasteiger partial charge in [-0.15, -0.1) is 0 Å². The number of benzene rings is 1. The highest BCUT2D eigenvalue weighted by Gasteiger charge is 2.62. The van der Waals surface area contributed by atoms with Gasteiger partial charge in [-0.1, -0.05) is 31.1 Å². The fourth-order valence-corrected chi connectivity index (χ4v) is 9.48. The summed E-state index contributed by atoms with van der Waals surface area (Å²) < 4.78 is 48.1. The molecule has 0 aromatic heterocycles. The van der Waals surface area contributed by atoms with Crippen LogP contribution in [0.4, 0.5) is 14.9 Å². The molecule has 0 unspecified atom stereocenters. The first kappa shape index (κ1) is 35.6. The molecule has 4 amide bonds. The molecule has 6 aliphatic rings. The molecule has 2 saturated heterocycles. The molecule has 4 aliphatic heterocycles.